The second kappa shape index (κ2) is 9.38. The van der Waals surface area contributed by atoms with E-state index in [1.165, 1.54) is 16.8 Å². The van der Waals surface area contributed by atoms with E-state index in [1.807, 2.05) is 25.6 Å². The second-order valence-corrected chi connectivity index (χ2v) is 6.82. The number of nitrogens with one attached hydrogen (secondary N) is 1. The number of hydrogen-bond acceptors (Lipinski definition) is 4. The van der Waals surface area contributed by atoms with E-state index >= 15 is 0 Å². The van der Waals surface area contributed by atoms with Crippen molar-refractivity contribution in [1.82, 2.24) is 25.0 Å². The Labute approximate surface area is 178 Å². The summed E-state index contributed by atoms with van der Waals surface area (Å²) in [7, 11) is 3.82. The molecule has 1 aliphatic heterocycles. The average Bonchev–Trinajstić information content (AvgIpc) is 2.97. The first-order valence-corrected chi connectivity index (χ1v) is 9.13. The quantitative estimate of drug-likeness (QED) is 0.413. The number of piperazine rings is 1. The Morgan fingerprint density at radius 2 is 1.81 bits per heavy atom. The van der Waals surface area contributed by atoms with Crippen LogP contribution in [0.3, 0.4) is 0 Å². The molecule has 0 saturated carbocycles. The maximum absolute atomic E-state index is 4.45. The highest BCUT2D eigenvalue weighted by Crippen LogP contribution is 2.23. The van der Waals surface area contributed by atoms with Crippen molar-refractivity contribution in [1.29, 1.82) is 0 Å². The van der Waals surface area contributed by atoms with Crippen LogP contribution < -0.4 is 10.2 Å². The lowest BCUT2D eigenvalue weighted by atomic mass is 10.1. The van der Waals surface area contributed by atoms with Gasteiger partial charge in [0.05, 0.1) is 6.54 Å². The van der Waals surface area contributed by atoms with Crippen molar-refractivity contribution in [2.75, 3.05) is 38.1 Å². The molecule has 0 spiro atoms. The maximum atomic E-state index is 4.45. The van der Waals surface area contributed by atoms with Crippen LogP contribution in [-0.2, 0) is 13.6 Å². The summed E-state index contributed by atoms with van der Waals surface area (Å²) in [4.78, 5) is 9.23. The number of benzene rings is 1. The minimum Gasteiger partial charge on any atom is -0.368 e. The Kier molecular flexibility index (Phi) is 7.46. The second-order valence-electron chi connectivity index (χ2n) is 6.82. The van der Waals surface area contributed by atoms with E-state index < -0.39 is 0 Å². The molecule has 2 heterocycles. The molecular formula is C19H30IN7. The number of halogens is 1. The standard InChI is InChI=1S/C19H29N7.HI/c1-14-7-6-8-17(15(14)2)25-9-11-26(12-10-25)19(20-4)21-13-18-23-22-16(3)24(18)5;/h6-8H,9-13H2,1-5H3,(H,20,21);1H. The summed E-state index contributed by atoms with van der Waals surface area (Å²) < 4.78 is 2.00. The van der Waals surface area contributed by atoms with Gasteiger partial charge in [-0.1, -0.05) is 12.1 Å². The van der Waals surface area contributed by atoms with E-state index in [4.69, 9.17) is 0 Å². The minimum absolute atomic E-state index is 0. The summed E-state index contributed by atoms with van der Waals surface area (Å²) >= 11 is 0. The molecule has 1 aliphatic rings. The molecule has 0 atom stereocenters. The monoisotopic (exact) mass is 483 g/mol. The van der Waals surface area contributed by atoms with Crippen molar-refractivity contribution in [3.05, 3.63) is 41.0 Å². The van der Waals surface area contributed by atoms with E-state index in [1.54, 1.807) is 0 Å². The first kappa shape index (κ1) is 21.5. The highest BCUT2D eigenvalue weighted by Gasteiger charge is 2.21. The number of aryl methyl sites for hydroxylation is 2. The van der Waals surface area contributed by atoms with Crippen molar-refractivity contribution < 1.29 is 0 Å². The molecule has 0 aliphatic carbocycles. The topological polar surface area (TPSA) is 61.6 Å². The van der Waals surface area contributed by atoms with Crippen LogP contribution >= 0.6 is 24.0 Å². The lowest BCUT2D eigenvalue weighted by molar-refractivity contribution is 0.371. The van der Waals surface area contributed by atoms with Crippen molar-refractivity contribution in [2.45, 2.75) is 27.3 Å². The molecule has 0 bridgehead atoms. The summed E-state index contributed by atoms with van der Waals surface area (Å²) in [6.07, 6.45) is 0. The average molecular weight is 483 g/mol. The Balaban J connectivity index is 0.00000261. The van der Waals surface area contributed by atoms with E-state index in [0.717, 1.165) is 43.8 Å². The van der Waals surface area contributed by atoms with Gasteiger partial charge in [0, 0.05) is 46.0 Å². The van der Waals surface area contributed by atoms with Gasteiger partial charge in [0.15, 0.2) is 11.8 Å². The molecular weight excluding hydrogens is 453 g/mol. The van der Waals surface area contributed by atoms with E-state index in [9.17, 15) is 0 Å². The van der Waals surface area contributed by atoms with E-state index in [-0.39, 0.29) is 24.0 Å². The molecule has 8 heteroatoms. The van der Waals surface area contributed by atoms with Crippen molar-refractivity contribution in [3.8, 4) is 0 Å². The Morgan fingerprint density at radius 1 is 1.11 bits per heavy atom. The number of nitrogens with zero attached hydrogens (tertiary/aromatic N) is 6. The van der Waals surface area contributed by atoms with Crippen LogP contribution in [0, 0.1) is 20.8 Å². The van der Waals surface area contributed by atoms with Gasteiger partial charge in [-0.25, -0.2) is 0 Å². The minimum atomic E-state index is 0. The number of hydrogen-bond donors (Lipinski definition) is 1. The van der Waals surface area contributed by atoms with Gasteiger partial charge >= 0.3 is 0 Å². The summed E-state index contributed by atoms with van der Waals surface area (Å²) in [5.74, 6) is 2.75. The van der Waals surface area contributed by atoms with Crippen molar-refractivity contribution in [3.63, 3.8) is 0 Å². The molecule has 0 radical (unpaired) electrons. The van der Waals surface area contributed by atoms with E-state index in [2.05, 4.69) is 62.4 Å². The molecule has 148 valence electrons. The van der Waals surface area contributed by atoms with Gasteiger partial charge in [-0.3, -0.25) is 4.99 Å². The van der Waals surface area contributed by atoms with Crippen LogP contribution in [0.5, 0.6) is 0 Å². The summed E-state index contributed by atoms with van der Waals surface area (Å²) in [5.41, 5.74) is 4.07. The first-order chi connectivity index (χ1) is 12.5. The zero-order valence-electron chi connectivity index (χ0n) is 16.9. The highest BCUT2D eigenvalue weighted by atomic mass is 127. The Hall–Kier alpha value is -1.84. The van der Waals surface area contributed by atoms with Gasteiger partial charge < -0.3 is 19.7 Å². The van der Waals surface area contributed by atoms with Gasteiger partial charge in [-0.2, -0.15) is 0 Å². The lowest BCUT2D eigenvalue weighted by Gasteiger charge is -2.38. The van der Waals surface area contributed by atoms with Crippen LogP contribution in [0.1, 0.15) is 22.8 Å². The zero-order chi connectivity index (χ0) is 18.7. The molecule has 7 nitrogen and oxygen atoms in total. The van der Waals surface area contributed by atoms with Gasteiger partial charge in [0.25, 0.3) is 0 Å². The predicted molar refractivity (Wildman–Crippen MR) is 121 cm³/mol. The largest absolute Gasteiger partial charge is 0.368 e. The molecule has 1 aromatic heterocycles. The van der Waals surface area contributed by atoms with Crippen LogP contribution in [0.2, 0.25) is 0 Å². The highest BCUT2D eigenvalue weighted by molar-refractivity contribution is 14.0. The molecule has 1 aromatic carbocycles. The van der Waals surface area contributed by atoms with Gasteiger partial charge in [-0.05, 0) is 38.0 Å². The number of anilines is 1. The van der Waals surface area contributed by atoms with Crippen LogP contribution in [0.15, 0.2) is 23.2 Å². The smallest absolute Gasteiger partial charge is 0.194 e. The molecule has 1 N–H and O–H groups in total. The van der Waals surface area contributed by atoms with Crippen LogP contribution in [-0.4, -0.2) is 58.9 Å². The number of aromatic nitrogens is 3. The number of rotatable bonds is 3. The van der Waals surface area contributed by atoms with E-state index in [0.29, 0.717) is 6.54 Å². The normalized spacial score (nSPS) is 14.9. The molecule has 1 fully saturated rings. The third-order valence-corrected chi connectivity index (χ3v) is 5.30. The molecule has 0 amide bonds. The summed E-state index contributed by atoms with van der Waals surface area (Å²) in [6, 6.07) is 6.55. The van der Waals surface area contributed by atoms with Crippen molar-refractivity contribution in [2.24, 2.45) is 12.0 Å². The molecule has 2 aromatic rings. The van der Waals surface area contributed by atoms with Crippen LogP contribution in [0.25, 0.3) is 0 Å². The maximum Gasteiger partial charge on any atom is 0.194 e. The molecule has 0 unspecified atom stereocenters. The fourth-order valence-corrected chi connectivity index (χ4v) is 3.33. The first-order valence-electron chi connectivity index (χ1n) is 9.13. The number of guanidine groups is 1. The zero-order valence-corrected chi connectivity index (χ0v) is 19.2. The van der Waals surface area contributed by atoms with Gasteiger partial charge in [0.2, 0.25) is 0 Å². The van der Waals surface area contributed by atoms with Gasteiger partial charge in [0.1, 0.15) is 5.82 Å². The lowest BCUT2D eigenvalue weighted by Crippen LogP contribution is -2.52. The van der Waals surface area contributed by atoms with Gasteiger partial charge in [-0.15, -0.1) is 34.2 Å². The predicted octanol–water partition coefficient (Wildman–Crippen LogP) is 2.26. The van der Waals surface area contributed by atoms with Crippen LogP contribution in [0.4, 0.5) is 5.69 Å². The molecule has 3 rings (SSSR count). The fourth-order valence-electron chi connectivity index (χ4n) is 3.33. The number of aliphatic imine (C=N–C) groups is 1. The summed E-state index contributed by atoms with van der Waals surface area (Å²) in [6.45, 7) is 10.9. The summed E-state index contributed by atoms with van der Waals surface area (Å²) in [5, 5.41) is 11.7. The third kappa shape index (κ3) is 4.72. The Morgan fingerprint density at radius 3 is 2.41 bits per heavy atom. The molecule has 27 heavy (non-hydrogen) atoms. The van der Waals surface area contributed by atoms with Crippen molar-refractivity contribution >= 4 is 35.6 Å². The SMILES string of the molecule is CN=C(NCc1nnc(C)n1C)N1CCN(c2cccc(C)c2C)CC1.I. The Bertz CT molecular complexity index is 791. The molecule has 1 saturated heterocycles. The fraction of sp³-hybridized carbons (Fsp3) is 0.526. The third-order valence-electron chi connectivity index (χ3n) is 5.30.